The Bertz CT molecular complexity index is 300. The molecule has 2 N–H and O–H groups in total. The zero-order valence-corrected chi connectivity index (χ0v) is 15.0. The number of rotatable bonds is 15. The van der Waals surface area contributed by atoms with Crippen molar-refractivity contribution in [2.75, 3.05) is 7.11 Å². The van der Waals surface area contributed by atoms with Crippen molar-refractivity contribution in [1.82, 2.24) is 0 Å². The molecule has 0 radical (unpaired) electrons. The number of methoxy groups -OCH3 is 1. The minimum atomic E-state index is -0.332. The summed E-state index contributed by atoms with van der Waals surface area (Å²) in [6.45, 7) is 1.82. The van der Waals surface area contributed by atoms with E-state index in [2.05, 4.69) is 10.8 Å². The van der Waals surface area contributed by atoms with Gasteiger partial charge in [-0.3, -0.25) is 4.79 Å². The lowest BCUT2D eigenvalue weighted by atomic mass is 10.1. The van der Waals surface area contributed by atoms with E-state index in [9.17, 15) is 9.90 Å². The molecule has 0 saturated heterocycles. The van der Waals surface area contributed by atoms with Gasteiger partial charge in [0, 0.05) is 6.42 Å². The quantitative estimate of drug-likeness (QED) is 0.269. The van der Waals surface area contributed by atoms with Gasteiger partial charge in [-0.2, -0.15) is 0 Å². The highest BCUT2D eigenvalue weighted by atomic mass is 16.5. The Labute approximate surface area is 141 Å². The Morgan fingerprint density at radius 1 is 0.957 bits per heavy atom. The largest absolute Gasteiger partial charge is 0.469 e. The van der Waals surface area contributed by atoms with Crippen molar-refractivity contribution in [1.29, 1.82) is 0 Å². The summed E-state index contributed by atoms with van der Waals surface area (Å²) in [5, 5.41) is 19.0. The monoisotopic (exact) mass is 328 g/mol. The molecule has 0 saturated carbocycles. The standard InChI is InChI=1S/C19H36O4/c1-17(20)13-9-8-11-15-18(21)14-10-6-4-3-5-7-12-16-19(22)23-2/h10,14,17-18,20-21H,3-9,11-13,15-16H2,1-2H3/b14-10-. The third-order valence-electron chi connectivity index (χ3n) is 3.96. The Morgan fingerprint density at radius 3 is 2.26 bits per heavy atom. The van der Waals surface area contributed by atoms with E-state index in [1.54, 1.807) is 0 Å². The molecule has 136 valence electrons. The van der Waals surface area contributed by atoms with Gasteiger partial charge in [-0.1, -0.05) is 50.7 Å². The number of aliphatic hydroxyl groups is 2. The van der Waals surface area contributed by atoms with Gasteiger partial charge in [0.2, 0.25) is 0 Å². The molecule has 0 aromatic rings. The van der Waals surface area contributed by atoms with E-state index < -0.39 is 0 Å². The molecule has 0 rings (SSSR count). The predicted molar refractivity (Wildman–Crippen MR) is 94.2 cm³/mol. The zero-order valence-electron chi connectivity index (χ0n) is 15.0. The van der Waals surface area contributed by atoms with Gasteiger partial charge in [-0.05, 0) is 39.0 Å². The Hall–Kier alpha value is -0.870. The Morgan fingerprint density at radius 2 is 1.57 bits per heavy atom. The number of hydrogen-bond acceptors (Lipinski definition) is 4. The van der Waals surface area contributed by atoms with Crippen molar-refractivity contribution < 1.29 is 19.7 Å². The summed E-state index contributed by atoms with van der Waals surface area (Å²) in [7, 11) is 1.43. The van der Waals surface area contributed by atoms with Crippen molar-refractivity contribution >= 4 is 5.97 Å². The first-order chi connectivity index (χ1) is 11.1. The molecule has 0 aliphatic carbocycles. The van der Waals surface area contributed by atoms with Crippen LogP contribution in [0, 0.1) is 0 Å². The predicted octanol–water partition coefficient (Wildman–Crippen LogP) is 4.14. The maximum absolute atomic E-state index is 10.9. The van der Waals surface area contributed by atoms with Crippen molar-refractivity contribution in [2.45, 2.75) is 96.2 Å². The summed E-state index contributed by atoms with van der Waals surface area (Å²) >= 11 is 0. The van der Waals surface area contributed by atoms with E-state index >= 15 is 0 Å². The second-order valence-electron chi connectivity index (χ2n) is 6.37. The fraction of sp³-hybridized carbons (Fsp3) is 0.842. The number of carbonyl (C=O) groups excluding carboxylic acids is 1. The van der Waals surface area contributed by atoms with Crippen LogP contribution in [-0.4, -0.2) is 35.5 Å². The number of aliphatic hydroxyl groups excluding tert-OH is 2. The molecule has 0 aliphatic rings. The van der Waals surface area contributed by atoms with Gasteiger partial charge in [-0.25, -0.2) is 0 Å². The SMILES string of the molecule is COC(=O)CCCCCCC/C=C\C(O)CCCCCC(C)O. The molecular formula is C19H36O4. The average molecular weight is 328 g/mol. The van der Waals surface area contributed by atoms with E-state index in [0.29, 0.717) is 6.42 Å². The van der Waals surface area contributed by atoms with Crippen molar-refractivity contribution in [3.63, 3.8) is 0 Å². The van der Waals surface area contributed by atoms with Crippen LogP contribution in [0.2, 0.25) is 0 Å². The van der Waals surface area contributed by atoms with Crippen LogP contribution in [0.1, 0.15) is 84.0 Å². The van der Waals surface area contributed by atoms with Gasteiger partial charge in [-0.15, -0.1) is 0 Å². The zero-order chi connectivity index (χ0) is 17.3. The first-order valence-electron chi connectivity index (χ1n) is 9.16. The maximum Gasteiger partial charge on any atom is 0.305 e. The lowest BCUT2D eigenvalue weighted by Crippen LogP contribution is -2.02. The summed E-state index contributed by atoms with van der Waals surface area (Å²) in [5.41, 5.74) is 0. The molecule has 0 bridgehead atoms. The van der Waals surface area contributed by atoms with E-state index in [1.165, 1.54) is 13.5 Å². The first kappa shape index (κ1) is 22.1. The molecule has 2 atom stereocenters. The summed E-state index contributed by atoms with van der Waals surface area (Å²) in [5.74, 6) is -0.118. The molecule has 0 fully saturated rings. The molecule has 4 nitrogen and oxygen atoms in total. The molecule has 2 unspecified atom stereocenters. The number of esters is 1. The number of allylic oxidation sites excluding steroid dienone is 1. The van der Waals surface area contributed by atoms with Gasteiger partial charge in [0.1, 0.15) is 0 Å². The van der Waals surface area contributed by atoms with Gasteiger partial charge in [0.05, 0.1) is 19.3 Å². The van der Waals surface area contributed by atoms with Crippen LogP contribution in [-0.2, 0) is 9.53 Å². The third kappa shape index (κ3) is 17.3. The second-order valence-corrected chi connectivity index (χ2v) is 6.37. The smallest absolute Gasteiger partial charge is 0.305 e. The average Bonchev–Trinajstić information content (AvgIpc) is 2.52. The Balaban J connectivity index is 3.33. The van der Waals surface area contributed by atoms with Crippen LogP contribution in [0.4, 0.5) is 0 Å². The summed E-state index contributed by atoms with van der Waals surface area (Å²) in [6, 6.07) is 0. The lowest BCUT2D eigenvalue weighted by Gasteiger charge is -2.06. The van der Waals surface area contributed by atoms with Crippen LogP contribution >= 0.6 is 0 Å². The molecule has 0 aliphatic heterocycles. The first-order valence-corrected chi connectivity index (χ1v) is 9.16. The minimum absolute atomic E-state index is 0.118. The normalized spacial score (nSPS) is 14.1. The van der Waals surface area contributed by atoms with Gasteiger partial charge in [0.15, 0.2) is 0 Å². The van der Waals surface area contributed by atoms with Gasteiger partial charge < -0.3 is 14.9 Å². The number of ether oxygens (including phenoxy) is 1. The van der Waals surface area contributed by atoms with Gasteiger partial charge >= 0.3 is 5.97 Å². The van der Waals surface area contributed by atoms with Crippen molar-refractivity contribution in [2.24, 2.45) is 0 Å². The molecule has 0 aromatic carbocycles. The highest BCUT2D eigenvalue weighted by Gasteiger charge is 2.01. The number of carbonyl (C=O) groups is 1. The third-order valence-corrected chi connectivity index (χ3v) is 3.96. The highest BCUT2D eigenvalue weighted by molar-refractivity contribution is 5.68. The van der Waals surface area contributed by atoms with Crippen molar-refractivity contribution in [3.05, 3.63) is 12.2 Å². The number of unbranched alkanes of at least 4 members (excludes halogenated alkanes) is 7. The molecule has 23 heavy (non-hydrogen) atoms. The maximum atomic E-state index is 10.9. The van der Waals surface area contributed by atoms with Crippen LogP contribution < -0.4 is 0 Å². The lowest BCUT2D eigenvalue weighted by molar-refractivity contribution is -0.140. The van der Waals surface area contributed by atoms with Crippen LogP contribution in [0.3, 0.4) is 0 Å². The molecule has 0 spiro atoms. The second kappa shape index (κ2) is 16.0. The fourth-order valence-electron chi connectivity index (χ4n) is 2.48. The topological polar surface area (TPSA) is 66.8 Å². The number of hydrogen-bond donors (Lipinski definition) is 2. The van der Waals surface area contributed by atoms with Crippen LogP contribution in [0.5, 0.6) is 0 Å². The van der Waals surface area contributed by atoms with Crippen molar-refractivity contribution in [3.8, 4) is 0 Å². The van der Waals surface area contributed by atoms with Gasteiger partial charge in [0.25, 0.3) is 0 Å². The van der Waals surface area contributed by atoms with E-state index in [0.717, 1.165) is 64.2 Å². The van der Waals surface area contributed by atoms with E-state index in [1.807, 2.05) is 13.0 Å². The van der Waals surface area contributed by atoms with Crippen LogP contribution in [0.25, 0.3) is 0 Å². The van der Waals surface area contributed by atoms with E-state index in [-0.39, 0.29) is 18.2 Å². The Kier molecular flexibility index (Phi) is 15.4. The molecule has 0 heterocycles. The summed E-state index contributed by atoms with van der Waals surface area (Å²) in [6.07, 6.45) is 15.2. The molecule has 0 aromatic heterocycles. The fourth-order valence-corrected chi connectivity index (χ4v) is 2.48. The molecule has 0 amide bonds. The molecular weight excluding hydrogens is 292 g/mol. The molecule has 4 heteroatoms. The summed E-state index contributed by atoms with van der Waals surface area (Å²) < 4.78 is 4.60. The van der Waals surface area contributed by atoms with E-state index in [4.69, 9.17) is 5.11 Å². The highest BCUT2D eigenvalue weighted by Crippen LogP contribution is 2.10. The summed E-state index contributed by atoms with van der Waals surface area (Å²) in [4.78, 5) is 10.9. The van der Waals surface area contributed by atoms with Crippen LogP contribution in [0.15, 0.2) is 12.2 Å². The minimum Gasteiger partial charge on any atom is -0.469 e.